The number of carbonyl (C=O) groups excluding carboxylic acids is 2. The van der Waals surface area contributed by atoms with Crippen LogP contribution in [0.3, 0.4) is 0 Å². The van der Waals surface area contributed by atoms with Crippen molar-refractivity contribution in [3.63, 3.8) is 0 Å². The van der Waals surface area contributed by atoms with Crippen LogP contribution in [0, 0.1) is 35.0 Å². The van der Waals surface area contributed by atoms with Crippen LogP contribution in [0.4, 0.5) is 0 Å². The number of nitriles is 1. The minimum absolute atomic E-state index is 0.0381. The number of fused-ring (bicyclic) bond motifs is 1. The Morgan fingerprint density at radius 1 is 1.14 bits per heavy atom. The second-order valence-corrected chi connectivity index (χ2v) is 8.70. The molecule has 3 fully saturated rings. The van der Waals surface area contributed by atoms with Crippen LogP contribution in [0.15, 0.2) is 24.3 Å². The Labute approximate surface area is 172 Å². The molecule has 3 aliphatic rings. The van der Waals surface area contributed by atoms with Gasteiger partial charge in [-0.1, -0.05) is 18.2 Å². The Morgan fingerprint density at radius 3 is 2.62 bits per heavy atom. The molecule has 0 unspecified atom stereocenters. The number of likely N-dealkylation sites (tertiary alicyclic amines) is 2. The summed E-state index contributed by atoms with van der Waals surface area (Å²) in [5, 5.41) is 8.93. The maximum atomic E-state index is 12.8. The second kappa shape index (κ2) is 8.44. The Morgan fingerprint density at radius 2 is 1.86 bits per heavy atom. The van der Waals surface area contributed by atoms with Gasteiger partial charge < -0.3 is 14.5 Å². The van der Waals surface area contributed by atoms with Gasteiger partial charge in [-0.05, 0) is 49.1 Å². The summed E-state index contributed by atoms with van der Waals surface area (Å²) < 4.78 is 5.38. The molecule has 6 nitrogen and oxygen atoms in total. The predicted molar refractivity (Wildman–Crippen MR) is 108 cm³/mol. The first kappa shape index (κ1) is 19.8. The molecule has 6 heteroatoms. The average Bonchev–Trinajstić information content (AvgIpc) is 3.14. The van der Waals surface area contributed by atoms with Crippen LogP contribution in [0.1, 0.15) is 31.2 Å². The minimum atomic E-state index is 0.0381. The number of para-hydroxylation sites is 1. The summed E-state index contributed by atoms with van der Waals surface area (Å²) in [6.07, 6.45) is 3.57. The summed E-state index contributed by atoms with van der Waals surface area (Å²) in [6.45, 7) is 3.12. The molecule has 29 heavy (non-hydrogen) atoms. The van der Waals surface area contributed by atoms with Crippen molar-refractivity contribution in [3.8, 4) is 11.8 Å². The van der Waals surface area contributed by atoms with E-state index in [1.54, 1.807) is 7.11 Å². The van der Waals surface area contributed by atoms with E-state index in [1.807, 2.05) is 34.1 Å². The fraction of sp³-hybridized carbons (Fsp3) is 0.609. The Kier molecular flexibility index (Phi) is 5.75. The molecule has 2 heterocycles. The number of hydrogen-bond donors (Lipinski definition) is 0. The lowest BCUT2D eigenvalue weighted by Crippen LogP contribution is -2.48. The predicted octanol–water partition coefficient (Wildman–Crippen LogP) is 2.48. The lowest BCUT2D eigenvalue weighted by Gasteiger charge is -2.39. The fourth-order valence-electron chi connectivity index (χ4n) is 5.06. The van der Waals surface area contributed by atoms with Gasteiger partial charge in [0.25, 0.3) is 0 Å². The summed E-state index contributed by atoms with van der Waals surface area (Å²) in [4.78, 5) is 29.5. The molecule has 2 atom stereocenters. The fourth-order valence-corrected chi connectivity index (χ4v) is 5.06. The van der Waals surface area contributed by atoms with Gasteiger partial charge in [-0.3, -0.25) is 9.59 Å². The van der Waals surface area contributed by atoms with Crippen LogP contribution in [-0.2, 0) is 16.0 Å². The number of amides is 2. The smallest absolute Gasteiger partial charge is 0.225 e. The number of rotatable bonds is 5. The van der Waals surface area contributed by atoms with Crippen molar-refractivity contribution in [3.05, 3.63) is 29.8 Å². The second-order valence-electron chi connectivity index (χ2n) is 8.70. The number of piperidine rings is 1. The first-order chi connectivity index (χ1) is 14.1. The van der Waals surface area contributed by atoms with Crippen LogP contribution < -0.4 is 4.74 Å². The number of ether oxygens (including phenoxy) is 1. The summed E-state index contributed by atoms with van der Waals surface area (Å²) >= 11 is 0. The molecule has 2 amide bonds. The number of methoxy groups -OCH3 is 1. The van der Waals surface area contributed by atoms with E-state index in [9.17, 15) is 9.59 Å². The van der Waals surface area contributed by atoms with Gasteiger partial charge in [0.1, 0.15) is 5.75 Å². The summed E-state index contributed by atoms with van der Waals surface area (Å²) in [5.74, 6) is 2.23. The average molecular weight is 396 g/mol. The van der Waals surface area contributed by atoms with Gasteiger partial charge in [0.2, 0.25) is 11.8 Å². The normalized spacial score (nSPS) is 28.3. The highest BCUT2D eigenvalue weighted by atomic mass is 16.5. The number of hydrogen-bond acceptors (Lipinski definition) is 4. The molecule has 2 saturated heterocycles. The van der Waals surface area contributed by atoms with Crippen molar-refractivity contribution in [1.82, 2.24) is 9.80 Å². The van der Waals surface area contributed by atoms with Crippen molar-refractivity contribution in [2.75, 3.05) is 33.3 Å². The van der Waals surface area contributed by atoms with E-state index in [4.69, 9.17) is 10.00 Å². The summed E-state index contributed by atoms with van der Waals surface area (Å²) in [7, 11) is 1.66. The topological polar surface area (TPSA) is 73.6 Å². The van der Waals surface area contributed by atoms with Crippen LogP contribution >= 0.6 is 0 Å². The van der Waals surface area contributed by atoms with Crippen molar-refractivity contribution >= 4 is 11.8 Å². The Balaban J connectivity index is 1.28. The van der Waals surface area contributed by atoms with E-state index in [-0.39, 0.29) is 23.7 Å². The van der Waals surface area contributed by atoms with E-state index < -0.39 is 0 Å². The minimum Gasteiger partial charge on any atom is -0.496 e. The molecular weight excluding hydrogens is 366 g/mol. The zero-order valence-electron chi connectivity index (χ0n) is 17.0. The SMILES string of the molecule is COc1ccccc1CCC(=O)N1C[C@@H]2CCN(C(=O)C3CC(C#N)C3)C[C@@H]2C1. The highest BCUT2D eigenvalue weighted by molar-refractivity contribution is 5.80. The van der Waals surface area contributed by atoms with Crippen molar-refractivity contribution < 1.29 is 14.3 Å². The van der Waals surface area contributed by atoms with E-state index in [0.717, 1.165) is 43.9 Å². The van der Waals surface area contributed by atoms with Crippen LogP contribution in [-0.4, -0.2) is 54.9 Å². The first-order valence-corrected chi connectivity index (χ1v) is 10.7. The summed E-state index contributed by atoms with van der Waals surface area (Å²) in [5.41, 5.74) is 1.06. The number of carbonyl (C=O) groups is 2. The molecule has 0 spiro atoms. The molecule has 4 rings (SSSR count). The van der Waals surface area contributed by atoms with E-state index in [0.29, 0.717) is 37.5 Å². The number of benzene rings is 1. The van der Waals surface area contributed by atoms with Gasteiger partial charge in [0.15, 0.2) is 0 Å². The van der Waals surface area contributed by atoms with Gasteiger partial charge >= 0.3 is 0 Å². The molecule has 0 aromatic heterocycles. The number of aryl methyl sites for hydroxylation is 1. The molecule has 0 bridgehead atoms. The third-order valence-electron chi connectivity index (χ3n) is 6.94. The van der Waals surface area contributed by atoms with Crippen molar-refractivity contribution in [1.29, 1.82) is 5.26 Å². The first-order valence-electron chi connectivity index (χ1n) is 10.7. The van der Waals surface area contributed by atoms with Gasteiger partial charge in [0, 0.05) is 44.4 Å². The highest BCUT2D eigenvalue weighted by Gasteiger charge is 2.43. The molecule has 2 aliphatic heterocycles. The molecule has 0 radical (unpaired) electrons. The largest absolute Gasteiger partial charge is 0.496 e. The van der Waals surface area contributed by atoms with Crippen LogP contribution in [0.2, 0.25) is 0 Å². The lowest BCUT2D eigenvalue weighted by molar-refractivity contribution is -0.141. The summed E-state index contributed by atoms with van der Waals surface area (Å²) in [6, 6.07) is 10.1. The van der Waals surface area contributed by atoms with Crippen molar-refractivity contribution in [2.24, 2.45) is 23.7 Å². The highest BCUT2D eigenvalue weighted by Crippen LogP contribution is 2.37. The monoisotopic (exact) mass is 395 g/mol. The Hall–Kier alpha value is -2.55. The van der Waals surface area contributed by atoms with E-state index in [2.05, 4.69) is 6.07 Å². The molecule has 1 aliphatic carbocycles. The van der Waals surface area contributed by atoms with Gasteiger partial charge in [-0.15, -0.1) is 0 Å². The van der Waals surface area contributed by atoms with Gasteiger partial charge in [-0.25, -0.2) is 0 Å². The third-order valence-corrected chi connectivity index (χ3v) is 6.94. The van der Waals surface area contributed by atoms with Crippen LogP contribution in [0.25, 0.3) is 0 Å². The van der Waals surface area contributed by atoms with E-state index >= 15 is 0 Å². The third kappa shape index (κ3) is 4.10. The molecule has 0 N–H and O–H groups in total. The molecular formula is C23H29N3O3. The molecule has 1 aromatic carbocycles. The lowest BCUT2D eigenvalue weighted by atomic mass is 9.74. The maximum Gasteiger partial charge on any atom is 0.225 e. The van der Waals surface area contributed by atoms with E-state index in [1.165, 1.54) is 0 Å². The quantitative estimate of drug-likeness (QED) is 0.768. The molecule has 154 valence electrons. The molecule has 1 aromatic rings. The van der Waals surface area contributed by atoms with Crippen LogP contribution in [0.5, 0.6) is 5.75 Å². The number of nitrogens with zero attached hydrogens (tertiary/aromatic N) is 3. The van der Waals surface area contributed by atoms with Crippen molar-refractivity contribution in [2.45, 2.75) is 32.1 Å². The maximum absolute atomic E-state index is 12.8. The van der Waals surface area contributed by atoms with Gasteiger partial charge in [0.05, 0.1) is 13.2 Å². The zero-order chi connectivity index (χ0) is 20.4. The standard InChI is InChI=1S/C23H29N3O3/c1-29-21-5-3-2-4-17(21)6-7-22(27)26-13-18-8-9-25(14-20(18)15-26)23(28)19-10-16(11-19)12-24/h2-5,16,18-20H,6-11,13-15H2,1H3/t16?,18-,19?,20+/m0/s1. The molecule has 1 saturated carbocycles. The Bertz CT molecular complexity index is 812. The zero-order valence-corrected chi connectivity index (χ0v) is 17.0. The van der Waals surface area contributed by atoms with Gasteiger partial charge in [-0.2, -0.15) is 5.26 Å².